The summed E-state index contributed by atoms with van der Waals surface area (Å²) in [5.74, 6) is -0.300. The van der Waals surface area contributed by atoms with E-state index in [1.807, 2.05) is 0 Å². The van der Waals surface area contributed by atoms with Crippen molar-refractivity contribution in [3.8, 4) is 5.75 Å². The second-order valence-electron chi connectivity index (χ2n) is 4.34. The molecule has 1 amide bonds. The molecule has 0 aliphatic carbocycles. The largest absolute Gasteiger partial charge is 0.484 e. The van der Waals surface area contributed by atoms with Crippen molar-refractivity contribution in [3.05, 3.63) is 61.6 Å². The molecule has 23 heavy (non-hydrogen) atoms. The van der Waals surface area contributed by atoms with Gasteiger partial charge in [0, 0.05) is 6.07 Å². The van der Waals surface area contributed by atoms with Crippen molar-refractivity contribution in [2.45, 2.75) is 0 Å². The Labute approximate surface area is 146 Å². The van der Waals surface area contributed by atoms with Crippen molar-refractivity contribution in [3.63, 3.8) is 0 Å². The molecule has 0 saturated heterocycles. The molecule has 2 aromatic rings. The molecule has 0 unspecified atom stereocenters. The smallest absolute Gasteiger partial charge is 0.273 e. The lowest BCUT2D eigenvalue weighted by molar-refractivity contribution is -0.384. The lowest BCUT2D eigenvalue weighted by Crippen LogP contribution is -2.20. The SMILES string of the molecule is O=C(COc1cccc([N+](=O)[O-])c1)Nc1cc(Cl)c(Cl)cc1Cl. The van der Waals surface area contributed by atoms with Gasteiger partial charge in [-0.2, -0.15) is 0 Å². The number of ether oxygens (including phenoxy) is 1. The first-order valence-corrected chi connectivity index (χ1v) is 7.32. The fraction of sp³-hybridized carbons (Fsp3) is 0.0714. The minimum atomic E-state index is -0.553. The number of carbonyl (C=O) groups is 1. The molecular formula is C14H9Cl3N2O4. The number of carbonyl (C=O) groups excluding carboxylic acids is 1. The van der Waals surface area contributed by atoms with Gasteiger partial charge >= 0.3 is 0 Å². The molecule has 2 rings (SSSR count). The summed E-state index contributed by atoms with van der Waals surface area (Å²) in [4.78, 5) is 22.0. The Bertz CT molecular complexity index is 768. The molecule has 120 valence electrons. The minimum absolute atomic E-state index is 0.129. The number of anilines is 1. The third-order valence-electron chi connectivity index (χ3n) is 2.68. The van der Waals surface area contributed by atoms with Gasteiger partial charge in [0.15, 0.2) is 6.61 Å². The van der Waals surface area contributed by atoms with E-state index < -0.39 is 10.8 Å². The first-order valence-electron chi connectivity index (χ1n) is 6.18. The number of nitrogens with zero attached hydrogens (tertiary/aromatic N) is 1. The molecule has 0 bridgehead atoms. The van der Waals surface area contributed by atoms with Gasteiger partial charge in [-0.3, -0.25) is 14.9 Å². The van der Waals surface area contributed by atoms with Gasteiger partial charge in [-0.05, 0) is 18.2 Å². The molecule has 0 saturated carbocycles. The van der Waals surface area contributed by atoms with Gasteiger partial charge in [-0.25, -0.2) is 0 Å². The van der Waals surface area contributed by atoms with Gasteiger partial charge in [0.25, 0.3) is 11.6 Å². The predicted octanol–water partition coefficient (Wildman–Crippen LogP) is 4.57. The highest BCUT2D eigenvalue weighted by atomic mass is 35.5. The van der Waals surface area contributed by atoms with E-state index in [0.717, 1.165) is 0 Å². The maximum Gasteiger partial charge on any atom is 0.273 e. The molecule has 0 heterocycles. The zero-order valence-electron chi connectivity index (χ0n) is 11.4. The third kappa shape index (κ3) is 4.72. The Morgan fingerprint density at radius 1 is 1.13 bits per heavy atom. The van der Waals surface area contributed by atoms with Crippen LogP contribution in [0.3, 0.4) is 0 Å². The molecule has 2 aromatic carbocycles. The highest BCUT2D eigenvalue weighted by Crippen LogP contribution is 2.32. The number of non-ortho nitro benzene ring substituents is 1. The van der Waals surface area contributed by atoms with E-state index in [0.29, 0.717) is 0 Å². The van der Waals surface area contributed by atoms with Gasteiger partial charge in [-0.15, -0.1) is 0 Å². The summed E-state index contributed by atoms with van der Waals surface area (Å²) in [5.41, 5.74) is 0.157. The second kappa shape index (κ2) is 7.50. The van der Waals surface area contributed by atoms with Crippen molar-refractivity contribution in [2.75, 3.05) is 11.9 Å². The minimum Gasteiger partial charge on any atom is -0.484 e. The number of benzene rings is 2. The summed E-state index contributed by atoms with van der Waals surface area (Å²) in [6.07, 6.45) is 0. The molecule has 0 aliphatic rings. The summed E-state index contributed by atoms with van der Waals surface area (Å²) < 4.78 is 5.21. The van der Waals surface area contributed by atoms with Crippen molar-refractivity contribution in [2.24, 2.45) is 0 Å². The average Bonchev–Trinajstić information content (AvgIpc) is 2.51. The number of nitro groups is 1. The fourth-order valence-corrected chi connectivity index (χ4v) is 2.23. The Morgan fingerprint density at radius 2 is 1.83 bits per heavy atom. The lowest BCUT2D eigenvalue weighted by atomic mass is 10.3. The van der Waals surface area contributed by atoms with Crippen LogP contribution in [0.2, 0.25) is 15.1 Å². The third-order valence-corrected chi connectivity index (χ3v) is 3.72. The van der Waals surface area contributed by atoms with Crippen molar-refractivity contribution < 1.29 is 14.5 Å². The highest BCUT2D eigenvalue weighted by molar-refractivity contribution is 6.44. The first-order chi connectivity index (χ1) is 10.9. The summed E-state index contributed by atoms with van der Waals surface area (Å²) in [7, 11) is 0. The zero-order chi connectivity index (χ0) is 17.0. The molecule has 0 fully saturated rings. The molecule has 0 spiro atoms. The van der Waals surface area contributed by atoms with Crippen molar-refractivity contribution >= 4 is 52.1 Å². The topological polar surface area (TPSA) is 81.5 Å². The monoisotopic (exact) mass is 374 g/mol. The van der Waals surface area contributed by atoms with E-state index in [1.54, 1.807) is 0 Å². The van der Waals surface area contributed by atoms with Crippen LogP contribution < -0.4 is 10.1 Å². The highest BCUT2D eigenvalue weighted by Gasteiger charge is 2.11. The molecule has 1 N–H and O–H groups in total. The number of nitrogens with one attached hydrogen (secondary N) is 1. The quantitative estimate of drug-likeness (QED) is 0.471. The number of nitro benzene ring substituents is 1. The van der Waals surface area contributed by atoms with Gasteiger partial charge in [-0.1, -0.05) is 40.9 Å². The number of halogens is 3. The molecule has 0 atom stereocenters. The van der Waals surface area contributed by atoms with E-state index in [4.69, 9.17) is 39.5 Å². The Morgan fingerprint density at radius 3 is 2.52 bits per heavy atom. The van der Waals surface area contributed by atoms with Gasteiger partial charge in [0.1, 0.15) is 5.75 Å². The van der Waals surface area contributed by atoms with Crippen LogP contribution in [-0.4, -0.2) is 17.4 Å². The molecule has 0 aliphatic heterocycles. The van der Waals surface area contributed by atoms with Crippen LogP contribution in [-0.2, 0) is 4.79 Å². The molecular weight excluding hydrogens is 367 g/mol. The van der Waals surface area contributed by atoms with Crippen molar-refractivity contribution in [1.82, 2.24) is 0 Å². The fourth-order valence-electron chi connectivity index (χ4n) is 1.64. The molecule has 0 aromatic heterocycles. The average molecular weight is 376 g/mol. The van der Waals surface area contributed by atoms with Crippen molar-refractivity contribution in [1.29, 1.82) is 0 Å². The van der Waals surface area contributed by atoms with Gasteiger partial charge in [0.05, 0.1) is 31.7 Å². The van der Waals surface area contributed by atoms with E-state index in [2.05, 4.69) is 5.32 Å². The summed E-state index contributed by atoms with van der Waals surface area (Å²) >= 11 is 17.6. The Balaban J connectivity index is 1.99. The zero-order valence-corrected chi connectivity index (χ0v) is 13.7. The molecule has 9 heteroatoms. The van der Waals surface area contributed by atoms with E-state index in [-0.39, 0.29) is 38.8 Å². The van der Waals surface area contributed by atoms with E-state index in [9.17, 15) is 14.9 Å². The van der Waals surface area contributed by atoms with Gasteiger partial charge < -0.3 is 10.1 Å². The van der Waals surface area contributed by atoms with Crippen LogP contribution in [0.15, 0.2) is 36.4 Å². The number of hydrogen-bond acceptors (Lipinski definition) is 4. The van der Waals surface area contributed by atoms with Crippen LogP contribution in [0.1, 0.15) is 0 Å². The summed E-state index contributed by atoms with van der Waals surface area (Å²) in [6, 6.07) is 8.33. The van der Waals surface area contributed by atoms with Crippen LogP contribution in [0.5, 0.6) is 5.75 Å². The van der Waals surface area contributed by atoms with Crippen LogP contribution in [0.25, 0.3) is 0 Å². The summed E-state index contributed by atoms with van der Waals surface area (Å²) in [6.45, 7) is -0.349. The maximum atomic E-state index is 11.8. The number of amides is 1. The first kappa shape index (κ1) is 17.3. The number of hydrogen-bond donors (Lipinski definition) is 1. The Hall–Kier alpha value is -2.02. The molecule has 6 nitrogen and oxygen atoms in total. The number of rotatable bonds is 5. The summed E-state index contributed by atoms with van der Waals surface area (Å²) in [5, 5.41) is 13.9. The predicted molar refractivity (Wildman–Crippen MR) is 88.7 cm³/mol. The second-order valence-corrected chi connectivity index (χ2v) is 5.56. The Kier molecular flexibility index (Phi) is 5.65. The van der Waals surface area contributed by atoms with Crippen LogP contribution >= 0.6 is 34.8 Å². The maximum absolute atomic E-state index is 11.8. The van der Waals surface area contributed by atoms with E-state index >= 15 is 0 Å². The lowest BCUT2D eigenvalue weighted by Gasteiger charge is -2.10. The normalized spacial score (nSPS) is 10.2. The standard InChI is InChI=1S/C14H9Cl3N2O4/c15-10-5-12(17)13(6-11(10)16)18-14(20)7-23-9-3-1-2-8(4-9)19(21)22/h1-6H,7H2,(H,18,20). The van der Waals surface area contributed by atoms with Crippen LogP contribution in [0.4, 0.5) is 11.4 Å². The van der Waals surface area contributed by atoms with E-state index in [1.165, 1.54) is 36.4 Å². The van der Waals surface area contributed by atoms with Gasteiger partial charge in [0.2, 0.25) is 0 Å². The van der Waals surface area contributed by atoms with Crippen LogP contribution in [0, 0.1) is 10.1 Å². The molecule has 0 radical (unpaired) electrons.